The zero-order valence-electron chi connectivity index (χ0n) is 14.6. The molecule has 0 radical (unpaired) electrons. The first-order chi connectivity index (χ1) is 13.5. The van der Waals surface area contributed by atoms with Crippen molar-refractivity contribution in [1.82, 2.24) is 9.88 Å². The number of aromatic nitrogens is 1. The van der Waals surface area contributed by atoms with Gasteiger partial charge in [0, 0.05) is 22.7 Å². The van der Waals surface area contributed by atoms with Crippen LogP contribution < -0.4 is 11.1 Å². The van der Waals surface area contributed by atoms with E-state index in [4.69, 9.17) is 5.73 Å². The fourth-order valence-electron chi connectivity index (χ4n) is 2.94. The molecule has 2 heterocycles. The molecule has 0 aliphatic carbocycles. The van der Waals surface area contributed by atoms with Crippen molar-refractivity contribution in [2.24, 2.45) is 10.7 Å². The van der Waals surface area contributed by atoms with Crippen LogP contribution in [0.3, 0.4) is 0 Å². The van der Waals surface area contributed by atoms with Crippen LogP contribution in [0.25, 0.3) is 17.0 Å². The third-order valence-electron chi connectivity index (χ3n) is 4.14. The number of para-hydroxylation sites is 1. The van der Waals surface area contributed by atoms with Crippen molar-refractivity contribution in [3.63, 3.8) is 0 Å². The maximum Gasteiger partial charge on any atom is 0.264 e. The molecular weight excluding hydrogens is 379 g/mol. The summed E-state index contributed by atoms with van der Waals surface area (Å²) in [5.41, 5.74) is 7.53. The summed E-state index contributed by atoms with van der Waals surface area (Å²) in [4.78, 5) is 28.5. The third-order valence-corrected chi connectivity index (χ3v) is 5.05. The minimum atomic E-state index is -0.443. The number of benzene rings is 2. The fraction of sp³-hybridized carbons (Fsp3) is 0.0500. The summed E-state index contributed by atoms with van der Waals surface area (Å²) in [7, 11) is 0. The summed E-state index contributed by atoms with van der Waals surface area (Å²) in [5.74, 6) is -1.06. The molecule has 140 valence electrons. The minimum absolute atomic E-state index is 0.0559. The maximum atomic E-state index is 13.0. The van der Waals surface area contributed by atoms with Gasteiger partial charge in [-0.15, -0.1) is 0 Å². The van der Waals surface area contributed by atoms with Crippen LogP contribution in [0.1, 0.15) is 5.56 Å². The lowest BCUT2D eigenvalue weighted by atomic mass is 10.1. The number of primary amides is 1. The predicted octanol–water partition coefficient (Wildman–Crippen LogP) is 3.16. The Morgan fingerprint density at radius 2 is 1.96 bits per heavy atom. The molecule has 6 nitrogen and oxygen atoms in total. The molecular formula is C20H15FN4O2S. The molecule has 3 N–H and O–H groups in total. The molecule has 1 fully saturated rings. The lowest BCUT2D eigenvalue weighted by molar-refractivity contribution is -0.118. The largest absolute Gasteiger partial charge is 0.368 e. The van der Waals surface area contributed by atoms with E-state index in [1.165, 1.54) is 36.0 Å². The molecule has 3 aromatic rings. The van der Waals surface area contributed by atoms with E-state index in [1.807, 2.05) is 24.3 Å². The summed E-state index contributed by atoms with van der Waals surface area (Å²) in [6.45, 7) is 0.0559. The molecule has 1 aliphatic heterocycles. The molecule has 8 heteroatoms. The number of nitrogens with one attached hydrogen (secondary N) is 1. The second kappa shape index (κ2) is 7.32. The molecule has 0 bridgehead atoms. The molecule has 1 aromatic heterocycles. The number of amidine groups is 1. The number of aliphatic imine (C=N–C) groups is 1. The van der Waals surface area contributed by atoms with Crippen molar-refractivity contribution in [1.29, 1.82) is 0 Å². The van der Waals surface area contributed by atoms with Crippen molar-refractivity contribution in [2.45, 2.75) is 6.54 Å². The Balaban J connectivity index is 1.67. The monoisotopic (exact) mass is 394 g/mol. The topological polar surface area (TPSA) is 89.5 Å². The first-order valence-electron chi connectivity index (χ1n) is 8.41. The molecule has 28 heavy (non-hydrogen) atoms. The Kier molecular flexibility index (Phi) is 4.70. The average Bonchev–Trinajstić information content (AvgIpc) is 3.18. The average molecular weight is 394 g/mol. The number of carbonyl (C=O) groups is 2. The SMILES string of the molecule is NC(=O)Cn1cc(/C=C2\SC(=Nc3ccc(F)cc3)NC2=O)c2ccccc21. The minimum Gasteiger partial charge on any atom is -0.368 e. The summed E-state index contributed by atoms with van der Waals surface area (Å²) in [6, 6.07) is 13.3. The normalized spacial score (nSPS) is 16.8. The number of carbonyl (C=O) groups excluding carboxylic acids is 2. The third kappa shape index (κ3) is 3.67. The van der Waals surface area contributed by atoms with Gasteiger partial charge in [0.15, 0.2) is 5.17 Å². The second-order valence-corrected chi connectivity index (χ2v) is 7.18. The lowest BCUT2D eigenvalue weighted by Gasteiger charge is -2.00. The van der Waals surface area contributed by atoms with Crippen molar-refractivity contribution in [3.05, 3.63) is 71.0 Å². The highest BCUT2D eigenvalue weighted by Gasteiger charge is 2.24. The molecule has 2 aromatic carbocycles. The van der Waals surface area contributed by atoms with E-state index in [-0.39, 0.29) is 18.3 Å². The van der Waals surface area contributed by atoms with Gasteiger partial charge in [0.1, 0.15) is 12.4 Å². The number of rotatable bonds is 4. The van der Waals surface area contributed by atoms with E-state index in [9.17, 15) is 14.0 Å². The Labute approximate surface area is 163 Å². The first kappa shape index (κ1) is 18.0. The standard InChI is InChI=1S/C20H15FN4O2S/c21-13-5-7-14(8-6-13)23-20-24-19(27)17(28-20)9-12-10-25(11-18(22)26)16-4-2-1-3-15(12)16/h1-10H,11H2,(H2,22,26)(H,23,24,27)/b17-9-. The van der Waals surface area contributed by atoms with Gasteiger partial charge >= 0.3 is 0 Å². The molecule has 4 rings (SSSR count). The van der Waals surface area contributed by atoms with Gasteiger partial charge in [-0.1, -0.05) is 18.2 Å². The van der Waals surface area contributed by atoms with Crippen LogP contribution >= 0.6 is 11.8 Å². The molecule has 0 spiro atoms. The highest BCUT2D eigenvalue weighted by Crippen LogP contribution is 2.31. The van der Waals surface area contributed by atoms with Crippen molar-refractivity contribution in [2.75, 3.05) is 0 Å². The summed E-state index contributed by atoms with van der Waals surface area (Å²) in [5, 5.41) is 4.04. The van der Waals surface area contributed by atoms with E-state index in [2.05, 4.69) is 10.3 Å². The molecule has 0 atom stereocenters. The Bertz CT molecular complexity index is 1150. The Morgan fingerprint density at radius 1 is 1.21 bits per heavy atom. The van der Waals surface area contributed by atoms with Crippen molar-refractivity contribution >= 4 is 51.4 Å². The van der Waals surface area contributed by atoms with E-state index in [1.54, 1.807) is 16.8 Å². The Morgan fingerprint density at radius 3 is 2.71 bits per heavy atom. The van der Waals surface area contributed by atoms with Crippen LogP contribution in [0.5, 0.6) is 0 Å². The molecule has 1 aliphatic rings. The van der Waals surface area contributed by atoms with Crippen LogP contribution in [0.4, 0.5) is 10.1 Å². The first-order valence-corrected chi connectivity index (χ1v) is 9.22. The maximum absolute atomic E-state index is 13.0. The van der Waals surface area contributed by atoms with E-state index >= 15 is 0 Å². The predicted molar refractivity (Wildman–Crippen MR) is 108 cm³/mol. The highest BCUT2D eigenvalue weighted by molar-refractivity contribution is 8.18. The second-order valence-electron chi connectivity index (χ2n) is 6.15. The fourth-order valence-corrected chi connectivity index (χ4v) is 3.78. The number of halogens is 1. The van der Waals surface area contributed by atoms with Crippen LogP contribution in [-0.2, 0) is 16.1 Å². The van der Waals surface area contributed by atoms with Crippen LogP contribution in [-0.4, -0.2) is 21.5 Å². The number of hydrogen-bond acceptors (Lipinski definition) is 4. The van der Waals surface area contributed by atoms with Crippen LogP contribution in [0.15, 0.2) is 64.6 Å². The molecule has 0 saturated carbocycles. The summed E-state index contributed by atoms with van der Waals surface area (Å²) >= 11 is 1.20. The summed E-state index contributed by atoms with van der Waals surface area (Å²) < 4.78 is 14.8. The Hall–Kier alpha value is -3.39. The van der Waals surface area contributed by atoms with Gasteiger partial charge in [0.05, 0.1) is 10.6 Å². The number of amides is 2. The molecule has 0 unspecified atom stereocenters. The van der Waals surface area contributed by atoms with Gasteiger partial charge in [0.2, 0.25) is 5.91 Å². The lowest BCUT2D eigenvalue weighted by Crippen LogP contribution is -2.19. The number of thioether (sulfide) groups is 1. The highest BCUT2D eigenvalue weighted by atomic mass is 32.2. The van der Waals surface area contributed by atoms with Crippen molar-refractivity contribution < 1.29 is 14.0 Å². The van der Waals surface area contributed by atoms with Crippen LogP contribution in [0.2, 0.25) is 0 Å². The smallest absolute Gasteiger partial charge is 0.264 e. The van der Waals surface area contributed by atoms with Gasteiger partial charge in [-0.25, -0.2) is 9.38 Å². The summed E-state index contributed by atoms with van der Waals surface area (Å²) in [6.07, 6.45) is 3.55. The van der Waals surface area contributed by atoms with E-state index in [0.717, 1.165) is 16.5 Å². The number of hydrogen-bond donors (Lipinski definition) is 2. The zero-order chi connectivity index (χ0) is 19.7. The zero-order valence-corrected chi connectivity index (χ0v) is 15.4. The van der Waals surface area contributed by atoms with Gasteiger partial charge < -0.3 is 15.6 Å². The van der Waals surface area contributed by atoms with Crippen LogP contribution in [0, 0.1) is 5.82 Å². The van der Waals surface area contributed by atoms with Crippen molar-refractivity contribution in [3.8, 4) is 0 Å². The number of nitrogens with zero attached hydrogens (tertiary/aromatic N) is 2. The molecule has 2 amide bonds. The van der Waals surface area contributed by atoms with E-state index < -0.39 is 5.91 Å². The number of fused-ring (bicyclic) bond motifs is 1. The van der Waals surface area contributed by atoms with E-state index in [0.29, 0.717) is 15.8 Å². The number of nitrogens with two attached hydrogens (primary N) is 1. The van der Waals surface area contributed by atoms with Gasteiger partial charge in [0.25, 0.3) is 5.91 Å². The van der Waals surface area contributed by atoms with Gasteiger partial charge in [-0.2, -0.15) is 0 Å². The molecule has 1 saturated heterocycles. The van der Waals surface area contributed by atoms with Gasteiger partial charge in [-0.05, 0) is 48.2 Å². The van der Waals surface area contributed by atoms with Gasteiger partial charge in [-0.3, -0.25) is 9.59 Å². The quantitative estimate of drug-likeness (QED) is 0.666.